The van der Waals surface area contributed by atoms with E-state index in [0.717, 1.165) is 10.2 Å². The van der Waals surface area contributed by atoms with Gasteiger partial charge < -0.3 is 4.74 Å². The van der Waals surface area contributed by atoms with Crippen LogP contribution in [0.1, 0.15) is 5.69 Å². The molecular weight excluding hydrogens is 258 g/mol. The van der Waals surface area contributed by atoms with Gasteiger partial charge in [-0.2, -0.15) is 0 Å². The van der Waals surface area contributed by atoms with Crippen molar-refractivity contribution in [3.63, 3.8) is 0 Å². The van der Waals surface area contributed by atoms with Gasteiger partial charge in [-0.15, -0.1) is 0 Å². The SMILES string of the molecule is COCC=Cc1cnc2ncc(Br)cn12. The number of hydrogen-bond acceptors (Lipinski definition) is 3. The number of nitrogens with zero attached hydrogens (tertiary/aromatic N) is 3. The summed E-state index contributed by atoms with van der Waals surface area (Å²) < 4.78 is 7.77. The van der Waals surface area contributed by atoms with Gasteiger partial charge in [0.25, 0.3) is 0 Å². The van der Waals surface area contributed by atoms with Crippen molar-refractivity contribution >= 4 is 27.8 Å². The molecule has 0 aliphatic heterocycles. The summed E-state index contributed by atoms with van der Waals surface area (Å²) in [6, 6.07) is 0. The Bertz CT molecular complexity index is 492. The second kappa shape index (κ2) is 4.55. The number of aromatic nitrogens is 3. The third-order valence-corrected chi connectivity index (χ3v) is 2.32. The average molecular weight is 268 g/mol. The van der Waals surface area contributed by atoms with Crippen molar-refractivity contribution in [2.45, 2.75) is 0 Å². The number of imidazole rings is 1. The van der Waals surface area contributed by atoms with Crippen molar-refractivity contribution < 1.29 is 4.74 Å². The molecule has 78 valence electrons. The molecular formula is C10H10BrN3O. The molecule has 5 heteroatoms. The van der Waals surface area contributed by atoms with Gasteiger partial charge in [0, 0.05) is 19.5 Å². The molecule has 0 radical (unpaired) electrons. The molecule has 0 aromatic carbocycles. The average Bonchev–Trinajstić information content (AvgIpc) is 2.62. The number of hydrogen-bond donors (Lipinski definition) is 0. The Labute approximate surface area is 95.7 Å². The second-order valence-electron chi connectivity index (χ2n) is 2.98. The zero-order chi connectivity index (χ0) is 10.7. The van der Waals surface area contributed by atoms with Crippen LogP contribution >= 0.6 is 15.9 Å². The summed E-state index contributed by atoms with van der Waals surface area (Å²) in [6.07, 6.45) is 9.33. The molecule has 0 bridgehead atoms. The quantitative estimate of drug-likeness (QED) is 0.856. The third-order valence-electron chi connectivity index (χ3n) is 1.91. The van der Waals surface area contributed by atoms with Crippen molar-refractivity contribution in [1.82, 2.24) is 14.4 Å². The molecule has 0 saturated carbocycles. The lowest BCUT2D eigenvalue weighted by molar-refractivity contribution is 0.234. The Morgan fingerprint density at radius 3 is 3.07 bits per heavy atom. The van der Waals surface area contributed by atoms with Crippen LogP contribution in [0, 0.1) is 0 Å². The first-order valence-electron chi connectivity index (χ1n) is 4.45. The Morgan fingerprint density at radius 1 is 1.47 bits per heavy atom. The third kappa shape index (κ3) is 2.24. The van der Waals surface area contributed by atoms with Crippen LogP contribution in [-0.4, -0.2) is 28.1 Å². The summed E-state index contributed by atoms with van der Waals surface area (Å²) >= 11 is 3.37. The Hall–Kier alpha value is -1.20. The number of fused-ring (bicyclic) bond motifs is 1. The maximum absolute atomic E-state index is 4.93. The Kier molecular flexibility index (Phi) is 3.13. The highest BCUT2D eigenvalue weighted by molar-refractivity contribution is 9.10. The monoisotopic (exact) mass is 267 g/mol. The van der Waals surface area contributed by atoms with Gasteiger partial charge >= 0.3 is 0 Å². The van der Waals surface area contributed by atoms with E-state index in [1.807, 2.05) is 22.7 Å². The molecule has 0 atom stereocenters. The lowest BCUT2D eigenvalue weighted by atomic mass is 10.4. The second-order valence-corrected chi connectivity index (χ2v) is 3.90. The summed E-state index contributed by atoms with van der Waals surface area (Å²) in [6.45, 7) is 0.592. The molecule has 0 N–H and O–H groups in total. The van der Waals surface area contributed by atoms with Gasteiger partial charge in [-0.3, -0.25) is 4.40 Å². The summed E-state index contributed by atoms with van der Waals surface area (Å²) in [4.78, 5) is 8.35. The molecule has 2 aromatic heterocycles. The lowest BCUT2D eigenvalue weighted by Crippen LogP contribution is -1.90. The van der Waals surface area contributed by atoms with E-state index >= 15 is 0 Å². The minimum atomic E-state index is 0.592. The van der Waals surface area contributed by atoms with Crippen molar-refractivity contribution in [3.05, 3.63) is 34.8 Å². The molecule has 2 rings (SSSR count). The minimum absolute atomic E-state index is 0.592. The summed E-state index contributed by atoms with van der Waals surface area (Å²) in [5, 5.41) is 0. The van der Waals surface area contributed by atoms with E-state index in [1.54, 1.807) is 19.5 Å². The molecule has 0 aliphatic carbocycles. The van der Waals surface area contributed by atoms with Crippen molar-refractivity contribution in [2.24, 2.45) is 0 Å². The smallest absolute Gasteiger partial charge is 0.234 e. The van der Waals surface area contributed by atoms with Gasteiger partial charge in [0.2, 0.25) is 5.78 Å². The standard InChI is InChI=1S/C10H10BrN3O/c1-15-4-2-3-9-6-13-10-12-5-8(11)7-14(9)10/h2-3,5-7H,4H2,1H3. The Balaban J connectivity index is 2.39. The van der Waals surface area contributed by atoms with Crippen molar-refractivity contribution in [1.29, 1.82) is 0 Å². The molecule has 2 aromatic rings. The number of methoxy groups -OCH3 is 1. The van der Waals surface area contributed by atoms with Crippen LogP contribution < -0.4 is 0 Å². The summed E-state index contributed by atoms with van der Waals surface area (Å²) in [7, 11) is 1.66. The van der Waals surface area contributed by atoms with Crippen LogP contribution in [0.5, 0.6) is 0 Å². The van der Waals surface area contributed by atoms with Gasteiger partial charge in [0.15, 0.2) is 0 Å². The van der Waals surface area contributed by atoms with Crippen LogP contribution in [-0.2, 0) is 4.74 Å². The minimum Gasteiger partial charge on any atom is -0.381 e. The molecule has 0 fully saturated rings. The largest absolute Gasteiger partial charge is 0.381 e. The Morgan fingerprint density at radius 2 is 2.27 bits per heavy atom. The summed E-state index contributed by atoms with van der Waals surface area (Å²) in [5.41, 5.74) is 0.982. The van der Waals surface area contributed by atoms with E-state index in [-0.39, 0.29) is 0 Å². The fourth-order valence-electron chi connectivity index (χ4n) is 1.26. The highest BCUT2D eigenvalue weighted by atomic mass is 79.9. The molecule has 0 aliphatic rings. The van der Waals surface area contributed by atoms with E-state index in [0.29, 0.717) is 12.4 Å². The predicted octanol–water partition coefficient (Wildman–Crippen LogP) is 2.15. The van der Waals surface area contributed by atoms with Crippen molar-refractivity contribution in [2.75, 3.05) is 13.7 Å². The van der Waals surface area contributed by atoms with Crippen LogP contribution in [0.2, 0.25) is 0 Å². The highest BCUT2D eigenvalue weighted by Crippen LogP contribution is 2.11. The van der Waals surface area contributed by atoms with Gasteiger partial charge in [-0.25, -0.2) is 9.97 Å². The number of halogens is 1. The van der Waals surface area contributed by atoms with E-state index in [9.17, 15) is 0 Å². The zero-order valence-electron chi connectivity index (χ0n) is 8.22. The van der Waals surface area contributed by atoms with Gasteiger partial charge in [0.1, 0.15) is 0 Å². The maximum atomic E-state index is 4.93. The lowest BCUT2D eigenvalue weighted by Gasteiger charge is -1.96. The normalized spacial score (nSPS) is 11.6. The van der Waals surface area contributed by atoms with E-state index in [4.69, 9.17) is 4.74 Å². The number of ether oxygens (including phenoxy) is 1. The fourth-order valence-corrected chi connectivity index (χ4v) is 1.56. The van der Waals surface area contributed by atoms with Crippen LogP contribution in [0.15, 0.2) is 29.1 Å². The molecule has 15 heavy (non-hydrogen) atoms. The number of rotatable bonds is 3. The molecule has 0 spiro atoms. The predicted molar refractivity (Wildman–Crippen MR) is 61.6 cm³/mol. The van der Waals surface area contributed by atoms with Crippen molar-refractivity contribution in [3.8, 4) is 0 Å². The highest BCUT2D eigenvalue weighted by Gasteiger charge is 2.00. The molecule has 0 saturated heterocycles. The van der Waals surface area contributed by atoms with Gasteiger partial charge in [-0.1, -0.05) is 6.08 Å². The van der Waals surface area contributed by atoms with Crippen LogP contribution in [0.3, 0.4) is 0 Å². The first-order valence-corrected chi connectivity index (χ1v) is 5.24. The first kappa shape index (κ1) is 10.3. The summed E-state index contributed by atoms with van der Waals surface area (Å²) in [5.74, 6) is 0.690. The topological polar surface area (TPSA) is 39.4 Å². The molecule has 0 amide bonds. The van der Waals surface area contributed by atoms with E-state index in [1.165, 1.54) is 0 Å². The zero-order valence-corrected chi connectivity index (χ0v) is 9.81. The first-order chi connectivity index (χ1) is 7.31. The molecule has 4 nitrogen and oxygen atoms in total. The van der Waals surface area contributed by atoms with Gasteiger partial charge in [-0.05, 0) is 22.0 Å². The molecule has 0 unspecified atom stereocenters. The van der Waals surface area contributed by atoms with E-state index in [2.05, 4.69) is 25.9 Å². The molecule has 2 heterocycles. The van der Waals surface area contributed by atoms with Crippen LogP contribution in [0.25, 0.3) is 11.9 Å². The van der Waals surface area contributed by atoms with E-state index < -0.39 is 0 Å². The fraction of sp³-hybridized carbons (Fsp3) is 0.200. The van der Waals surface area contributed by atoms with Crippen LogP contribution in [0.4, 0.5) is 0 Å². The maximum Gasteiger partial charge on any atom is 0.234 e. The van der Waals surface area contributed by atoms with Gasteiger partial charge in [0.05, 0.1) is 23.0 Å².